The number of ketones is 1. The Morgan fingerprint density at radius 3 is 1.89 bits per heavy atom. The van der Waals surface area contributed by atoms with Crippen molar-refractivity contribution >= 4 is 5.78 Å². The molecule has 17 heteroatoms. The minimum Gasteiger partial charge on any atom is -0.394 e. The first-order chi connectivity index (χ1) is 29.3. The summed E-state index contributed by atoms with van der Waals surface area (Å²) in [5.74, 6) is 0.751. The van der Waals surface area contributed by atoms with Gasteiger partial charge in [-0.05, 0) is 112 Å². The number of hydrogen-bond donors (Lipinski definition) is 9. The summed E-state index contributed by atoms with van der Waals surface area (Å²) >= 11 is 0. The number of ether oxygens (including phenoxy) is 7. The minimum atomic E-state index is -1.68. The molecule has 0 amide bonds. The van der Waals surface area contributed by atoms with Crippen molar-refractivity contribution in [1.29, 1.82) is 0 Å². The summed E-state index contributed by atoms with van der Waals surface area (Å²) in [7, 11) is 0. The third-order valence-corrected chi connectivity index (χ3v) is 17.2. The summed E-state index contributed by atoms with van der Waals surface area (Å²) in [4.78, 5) is 14.4. The summed E-state index contributed by atoms with van der Waals surface area (Å²) in [5.41, 5.74) is 0.899. The van der Waals surface area contributed by atoms with Crippen LogP contribution in [0.15, 0.2) is 11.6 Å². The minimum absolute atomic E-state index is 0.0327. The van der Waals surface area contributed by atoms with E-state index in [1.54, 1.807) is 6.92 Å². The van der Waals surface area contributed by atoms with Crippen LogP contribution >= 0.6 is 0 Å². The van der Waals surface area contributed by atoms with Gasteiger partial charge in [-0.3, -0.25) is 4.79 Å². The van der Waals surface area contributed by atoms with Crippen LogP contribution < -0.4 is 0 Å². The van der Waals surface area contributed by atoms with E-state index in [4.69, 9.17) is 33.2 Å². The molecule has 0 aromatic rings. The Morgan fingerprint density at radius 1 is 0.629 bits per heavy atom. The fraction of sp³-hybridized carbons (Fsp3) is 0.933. The van der Waals surface area contributed by atoms with Gasteiger partial charge in [-0.2, -0.15) is 0 Å². The van der Waals surface area contributed by atoms with Gasteiger partial charge in [0, 0.05) is 11.8 Å². The fourth-order valence-corrected chi connectivity index (χ4v) is 13.1. The van der Waals surface area contributed by atoms with Crippen molar-refractivity contribution in [3.05, 3.63) is 11.6 Å². The zero-order valence-corrected chi connectivity index (χ0v) is 36.8. The lowest BCUT2D eigenvalue weighted by molar-refractivity contribution is -0.370. The number of fused-ring (bicyclic) bond motifs is 5. The number of carbonyl (C=O) groups is 1. The van der Waals surface area contributed by atoms with Crippen LogP contribution in [0.4, 0.5) is 0 Å². The van der Waals surface area contributed by atoms with Gasteiger partial charge in [-0.25, -0.2) is 0 Å². The fourth-order valence-electron chi connectivity index (χ4n) is 13.1. The molecule has 62 heavy (non-hydrogen) atoms. The van der Waals surface area contributed by atoms with Crippen molar-refractivity contribution in [3.8, 4) is 0 Å². The highest BCUT2D eigenvalue weighted by molar-refractivity contribution is 5.94. The van der Waals surface area contributed by atoms with Crippen molar-refractivity contribution in [2.45, 2.75) is 210 Å². The number of aliphatic hydroxyl groups is 9. The van der Waals surface area contributed by atoms with Crippen molar-refractivity contribution in [2.24, 2.45) is 46.3 Å². The topological polar surface area (TPSA) is 264 Å². The zero-order valence-electron chi connectivity index (χ0n) is 36.8. The van der Waals surface area contributed by atoms with Crippen molar-refractivity contribution in [3.63, 3.8) is 0 Å². The zero-order chi connectivity index (χ0) is 44.7. The molecule has 0 aromatic heterocycles. The lowest BCUT2D eigenvalue weighted by atomic mass is 9.47. The second-order valence-electron chi connectivity index (χ2n) is 20.7. The van der Waals surface area contributed by atoms with E-state index in [0.717, 1.165) is 38.5 Å². The summed E-state index contributed by atoms with van der Waals surface area (Å²) in [6.07, 6.45) is -12.1. The standard InChI is InChI=1S/C45H72O17/c1-18-7-10-29(59-40(18)62-42-38(55)35(52)32(49)21(4)57-42)19(2)24-8-9-25-23-16-28(47)27-15-22(11-13-45(27,6)26(23)12-14-44(24,25)5)58-43-39(36(53)33(50)30(17-46)60-43)61-41-37(54)34(51)31(48)20(3)56-41/h16,18-22,24-27,29-43,46,48-55H,7-15,17H2,1-6H3/t18-,19-,20-,21-,22-,24+,25?,26?,27?,29+,30+,31-,32-,33+,34+,35+,36-,37+,38+,39+,40+,41-,42-,43+,44+,45+/m0/s1. The summed E-state index contributed by atoms with van der Waals surface area (Å²) in [6, 6.07) is 0. The van der Waals surface area contributed by atoms with E-state index < -0.39 is 111 Å². The Balaban J connectivity index is 0.936. The van der Waals surface area contributed by atoms with Crippen LogP contribution in [-0.4, -0.2) is 169 Å². The smallest absolute Gasteiger partial charge is 0.189 e. The molecule has 7 fully saturated rings. The lowest BCUT2D eigenvalue weighted by Gasteiger charge is -2.57. The molecule has 17 nitrogen and oxygen atoms in total. The molecular formula is C45H72O17. The van der Waals surface area contributed by atoms with Crippen LogP contribution in [0.1, 0.15) is 99.3 Å². The predicted octanol–water partition coefficient (Wildman–Crippen LogP) is 0.403. The Morgan fingerprint density at radius 2 is 1.24 bits per heavy atom. The van der Waals surface area contributed by atoms with Crippen LogP contribution in [0, 0.1) is 46.3 Å². The molecule has 354 valence electrons. The third kappa shape index (κ3) is 8.19. The maximum absolute atomic E-state index is 14.4. The van der Waals surface area contributed by atoms with Crippen LogP contribution in [-0.2, 0) is 38.0 Å². The number of allylic oxidation sites excluding steroid dienone is 2. The highest BCUT2D eigenvalue weighted by Crippen LogP contribution is 2.67. The molecule has 26 atom stereocenters. The molecule has 4 heterocycles. The van der Waals surface area contributed by atoms with Gasteiger partial charge >= 0.3 is 0 Å². The van der Waals surface area contributed by atoms with Crippen molar-refractivity contribution < 1.29 is 83.9 Å². The SMILES string of the molecule is C[C@@H]([C@H]1CCC2C3=CC(=O)C4C[C@@H](O[C@@H]5O[C@H](CO)[C@@H](O)[C@H](O)[C@H]5O[C@@H]5O[C@@H](C)[C@H](O)[C@@H](O)[C@H]5O)CC[C@]4(C)C3CC[C@@]21C)[C@H]1CC[C@H](C)[C@@H](O[C@@H]2O[C@@H](C)[C@H](O)[C@@H](O)[C@H]2O)O1. The molecule has 8 aliphatic rings. The van der Waals surface area contributed by atoms with E-state index in [9.17, 15) is 50.8 Å². The second kappa shape index (κ2) is 18.1. The Hall–Kier alpha value is -1.23. The van der Waals surface area contributed by atoms with Gasteiger partial charge < -0.3 is 79.1 Å². The highest BCUT2D eigenvalue weighted by Gasteiger charge is 2.61. The number of hydrogen-bond acceptors (Lipinski definition) is 17. The number of rotatable bonds is 9. The monoisotopic (exact) mass is 884 g/mol. The first-order valence-corrected chi connectivity index (χ1v) is 23.2. The van der Waals surface area contributed by atoms with E-state index in [1.165, 1.54) is 12.5 Å². The average Bonchev–Trinajstić information content (AvgIpc) is 3.60. The molecule has 4 aliphatic carbocycles. The van der Waals surface area contributed by atoms with Crippen LogP contribution in [0.2, 0.25) is 0 Å². The molecule has 4 aliphatic heterocycles. The molecule has 3 saturated carbocycles. The van der Waals surface area contributed by atoms with Gasteiger partial charge in [-0.1, -0.05) is 33.3 Å². The quantitative estimate of drug-likeness (QED) is 0.152. The molecule has 4 saturated heterocycles. The van der Waals surface area contributed by atoms with E-state index in [1.807, 2.05) is 13.0 Å². The van der Waals surface area contributed by atoms with Crippen LogP contribution in [0.3, 0.4) is 0 Å². The van der Waals surface area contributed by atoms with Crippen LogP contribution in [0.25, 0.3) is 0 Å². The number of aliphatic hydroxyl groups excluding tert-OH is 9. The van der Waals surface area contributed by atoms with Crippen molar-refractivity contribution in [2.75, 3.05) is 6.61 Å². The summed E-state index contributed by atoms with van der Waals surface area (Å²) in [5, 5.41) is 94.4. The Kier molecular flexibility index (Phi) is 13.8. The summed E-state index contributed by atoms with van der Waals surface area (Å²) < 4.78 is 42.6. The Bertz CT molecular complexity index is 1620. The van der Waals surface area contributed by atoms with Gasteiger partial charge in [0.2, 0.25) is 0 Å². The third-order valence-electron chi connectivity index (χ3n) is 17.2. The first-order valence-electron chi connectivity index (χ1n) is 23.2. The number of carbonyl (C=O) groups excluding carboxylic acids is 1. The average molecular weight is 885 g/mol. The van der Waals surface area contributed by atoms with Gasteiger partial charge in [0.25, 0.3) is 0 Å². The maximum atomic E-state index is 14.4. The van der Waals surface area contributed by atoms with E-state index in [0.29, 0.717) is 25.2 Å². The Labute approximate surface area is 363 Å². The largest absolute Gasteiger partial charge is 0.394 e. The molecule has 8 rings (SSSR count). The van der Waals surface area contributed by atoms with E-state index in [-0.39, 0.29) is 52.3 Å². The van der Waals surface area contributed by atoms with Gasteiger partial charge in [0.1, 0.15) is 61.0 Å². The van der Waals surface area contributed by atoms with E-state index >= 15 is 0 Å². The van der Waals surface area contributed by atoms with E-state index in [2.05, 4.69) is 20.8 Å². The first kappa shape index (κ1) is 47.3. The molecule has 0 bridgehead atoms. The van der Waals surface area contributed by atoms with Crippen molar-refractivity contribution in [1.82, 2.24) is 0 Å². The highest BCUT2D eigenvalue weighted by atomic mass is 16.8. The molecule has 0 radical (unpaired) electrons. The second-order valence-corrected chi connectivity index (χ2v) is 20.7. The maximum Gasteiger partial charge on any atom is 0.189 e. The predicted molar refractivity (Wildman–Crippen MR) is 215 cm³/mol. The molecule has 0 aromatic carbocycles. The normalized spacial score (nSPS) is 55.1. The summed E-state index contributed by atoms with van der Waals surface area (Å²) in [6.45, 7) is 11.4. The molecular weight excluding hydrogens is 812 g/mol. The molecule has 9 N–H and O–H groups in total. The molecule has 0 spiro atoms. The van der Waals surface area contributed by atoms with Gasteiger partial charge in [0.15, 0.2) is 30.9 Å². The van der Waals surface area contributed by atoms with Crippen LogP contribution in [0.5, 0.6) is 0 Å². The van der Waals surface area contributed by atoms with Gasteiger partial charge in [0.05, 0.1) is 31.0 Å². The molecule has 3 unspecified atom stereocenters. The van der Waals surface area contributed by atoms with Gasteiger partial charge in [-0.15, -0.1) is 0 Å². The lowest BCUT2D eigenvalue weighted by Crippen LogP contribution is -2.64.